The van der Waals surface area contributed by atoms with Gasteiger partial charge in [0.15, 0.2) is 0 Å². The molecule has 0 heterocycles. The third-order valence-corrected chi connectivity index (χ3v) is 4.76. The first-order valence-corrected chi connectivity index (χ1v) is 7.15. The van der Waals surface area contributed by atoms with Crippen molar-refractivity contribution in [3.8, 4) is 0 Å². The average Bonchev–Trinajstić information content (AvgIpc) is 2.35. The molecule has 0 unspecified atom stereocenters. The molecular weight excluding hydrogens is 250 g/mol. The standard InChI is InChI=1S/C13H19NO3S/c1-4-12(9-10-15)14(3)18(16,17)13-7-5-11(2)6-8-13/h4-8,12,15H,1,9-10H2,2-3H3/t12-/m0/s1. The van der Waals surface area contributed by atoms with Crippen molar-refractivity contribution in [1.82, 2.24) is 4.31 Å². The van der Waals surface area contributed by atoms with Gasteiger partial charge in [0.25, 0.3) is 0 Å². The van der Waals surface area contributed by atoms with Gasteiger partial charge in [-0.25, -0.2) is 8.42 Å². The van der Waals surface area contributed by atoms with Gasteiger partial charge in [0.05, 0.1) is 4.90 Å². The van der Waals surface area contributed by atoms with Crippen LogP contribution in [0.25, 0.3) is 0 Å². The topological polar surface area (TPSA) is 57.6 Å². The number of benzene rings is 1. The Morgan fingerprint density at radius 3 is 2.39 bits per heavy atom. The molecule has 5 heteroatoms. The summed E-state index contributed by atoms with van der Waals surface area (Å²) >= 11 is 0. The largest absolute Gasteiger partial charge is 0.396 e. The molecule has 0 radical (unpaired) electrons. The maximum absolute atomic E-state index is 12.3. The summed E-state index contributed by atoms with van der Waals surface area (Å²) in [5.74, 6) is 0. The molecular formula is C13H19NO3S. The molecule has 1 rings (SSSR count). The summed E-state index contributed by atoms with van der Waals surface area (Å²) in [7, 11) is -2.04. The van der Waals surface area contributed by atoms with Crippen LogP contribution in [0.15, 0.2) is 41.8 Å². The summed E-state index contributed by atoms with van der Waals surface area (Å²) in [5.41, 5.74) is 1.01. The highest BCUT2D eigenvalue weighted by atomic mass is 32.2. The molecule has 0 saturated heterocycles. The second kappa shape index (κ2) is 6.13. The zero-order valence-electron chi connectivity index (χ0n) is 10.7. The fourth-order valence-corrected chi connectivity index (χ4v) is 3.00. The number of aliphatic hydroxyl groups excluding tert-OH is 1. The summed E-state index contributed by atoms with van der Waals surface area (Å²) in [6.45, 7) is 5.43. The number of nitrogens with zero attached hydrogens (tertiary/aromatic N) is 1. The Morgan fingerprint density at radius 1 is 1.39 bits per heavy atom. The minimum Gasteiger partial charge on any atom is -0.396 e. The molecule has 0 fully saturated rings. The van der Waals surface area contributed by atoms with Crippen molar-refractivity contribution in [2.45, 2.75) is 24.3 Å². The second-order valence-electron chi connectivity index (χ2n) is 4.15. The molecule has 1 aromatic rings. The van der Waals surface area contributed by atoms with Crippen LogP contribution in [0.5, 0.6) is 0 Å². The van der Waals surface area contributed by atoms with Crippen molar-refractivity contribution in [3.05, 3.63) is 42.5 Å². The van der Waals surface area contributed by atoms with Gasteiger partial charge in [0, 0.05) is 19.7 Å². The lowest BCUT2D eigenvalue weighted by Gasteiger charge is -2.24. The molecule has 0 saturated carbocycles. The van der Waals surface area contributed by atoms with Crippen molar-refractivity contribution in [2.75, 3.05) is 13.7 Å². The van der Waals surface area contributed by atoms with E-state index in [2.05, 4.69) is 6.58 Å². The van der Waals surface area contributed by atoms with Crippen LogP contribution < -0.4 is 0 Å². The number of likely N-dealkylation sites (N-methyl/N-ethyl adjacent to an activating group) is 1. The van der Waals surface area contributed by atoms with Crippen LogP contribution in [0, 0.1) is 6.92 Å². The molecule has 0 bridgehead atoms. The Bertz CT molecular complexity index is 493. The Labute approximate surface area is 109 Å². The number of aryl methyl sites for hydroxylation is 1. The van der Waals surface area contributed by atoms with Crippen LogP contribution in [-0.4, -0.2) is 37.5 Å². The van der Waals surface area contributed by atoms with Crippen molar-refractivity contribution in [3.63, 3.8) is 0 Å². The first-order chi connectivity index (χ1) is 8.43. The summed E-state index contributed by atoms with van der Waals surface area (Å²) in [4.78, 5) is 0.250. The molecule has 4 nitrogen and oxygen atoms in total. The lowest BCUT2D eigenvalue weighted by molar-refractivity contribution is 0.256. The molecule has 1 aromatic carbocycles. The van der Waals surface area contributed by atoms with E-state index in [1.807, 2.05) is 6.92 Å². The highest BCUT2D eigenvalue weighted by molar-refractivity contribution is 7.89. The first kappa shape index (κ1) is 14.9. The van der Waals surface area contributed by atoms with E-state index in [-0.39, 0.29) is 11.5 Å². The fourth-order valence-electron chi connectivity index (χ4n) is 1.64. The number of sulfonamides is 1. The van der Waals surface area contributed by atoms with Gasteiger partial charge in [0.1, 0.15) is 0 Å². The van der Waals surface area contributed by atoms with Gasteiger partial charge >= 0.3 is 0 Å². The van der Waals surface area contributed by atoms with Gasteiger partial charge in [-0.05, 0) is 25.5 Å². The maximum atomic E-state index is 12.3. The minimum absolute atomic E-state index is 0.0789. The average molecular weight is 269 g/mol. The lowest BCUT2D eigenvalue weighted by Crippen LogP contribution is -2.36. The number of hydrogen-bond donors (Lipinski definition) is 1. The van der Waals surface area contributed by atoms with Crippen LogP contribution >= 0.6 is 0 Å². The highest BCUT2D eigenvalue weighted by Crippen LogP contribution is 2.18. The molecule has 0 aliphatic carbocycles. The quantitative estimate of drug-likeness (QED) is 0.797. The maximum Gasteiger partial charge on any atom is 0.243 e. The van der Waals surface area contributed by atoms with Crippen molar-refractivity contribution in [1.29, 1.82) is 0 Å². The van der Waals surface area contributed by atoms with Crippen molar-refractivity contribution < 1.29 is 13.5 Å². The van der Waals surface area contributed by atoms with E-state index in [1.165, 1.54) is 17.4 Å². The Kier molecular flexibility index (Phi) is 5.07. The Hall–Kier alpha value is -1.17. The van der Waals surface area contributed by atoms with E-state index in [1.54, 1.807) is 24.3 Å². The van der Waals surface area contributed by atoms with E-state index in [4.69, 9.17) is 5.11 Å². The molecule has 0 aliphatic rings. The monoisotopic (exact) mass is 269 g/mol. The van der Waals surface area contributed by atoms with Gasteiger partial charge in [-0.2, -0.15) is 4.31 Å². The van der Waals surface area contributed by atoms with Gasteiger partial charge in [-0.1, -0.05) is 23.8 Å². The third-order valence-electron chi connectivity index (χ3n) is 2.86. The van der Waals surface area contributed by atoms with E-state index in [0.29, 0.717) is 6.42 Å². The van der Waals surface area contributed by atoms with Crippen molar-refractivity contribution in [2.24, 2.45) is 0 Å². The third kappa shape index (κ3) is 3.19. The normalized spacial score (nSPS) is 13.6. The van der Waals surface area contributed by atoms with Gasteiger partial charge in [-0.15, -0.1) is 6.58 Å². The van der Waals surface area contributed by atoms with Gasteiger partial charge < -0.3 is 5.11 Å². The lowest BCUT2D eigenvalue weighted by atomic mass is 10.2. The molecule has 0 spiro atoms. The zero-order chi connectivity index (χ0) is 13.8. The van der Waals surface area contributed by atoms with Crippen molar-refractivity contribution >= 4 is 10.0 Å². The zero-order valence-corrected chi connectivity index (χ0v) is 11.5. The van der Waals surface area contributed by atoms with Crippen LogP contribution in [0.4, 0.5) is 0 Å². The number of aliphatic hydroxyl groups is 1. The minimum atomic E-state index is -3.54. The molecule has 1 atom stereocenters. The first-order valence-electron chi connectivity index (χ1n) is 5.71. The van der Waals surface area contributed by atoms with Crippen LogP contribution in [-0.2, 0) is 10.0 Å². The van der Waals surface area contributed by atoms with Crippen LogP contribution in [0.1, 0.15) is 12.0 Å². The molecule has 0 amide bonds. The fraction of sp³-hybridized carbons (Fsp3) is 0.385. The summed E-state index contributed by atoms with van der Waals surface area (Å²) in [6, 6.07) is 6.28. The van der Waals surface area contributed by atoms with Crippen LogP contribution in [0.3, 0.4) is 0 Å². The summed E-state index contributed by atoms with van der Waals surface area (Å²) in [6.07, 6.45) is 1.87. The molecule has 100 valence electrons. The number of rotatable bonds is 6. The number of hydrogen-bond acceptors (Lipinski definition) is 3. The molecule has 0 aliphatic heterocycles. The highest BCUT2D eigenvalue weighted by Gasteiger charge is 2.25. The second-order valence-corrected chi connectivity index (χ2v) is 6.15. The predicted molar refractivity (Wildman–Crippen MR) is 71.8 cm³/mol. The molecule has 18 heavy (non-hydrogen) atoms. The van der Waals surface area contributed by atoms with Crippen LogP contribution in [0.2, 0.25) is 0 Å². The van der Waals surface area contributed by atoms with E-state index in [0.717, 1.165) is 5.56 Å². The Morgan fingerprint density at radius 2 is 1.94 bits per heavy atom. The van der Waals surface area contributed by atoms with E-state index >= 15 is 0 Å². The Balaban J connectivity index is 3.05. The summed E-state index contributed by atoms with van der Waals surface area (Å²) in [5, 5.41) is 8.92. The van der Waals surface area contributed by atoms with E-state index < -0.39 is 16.1 Å². The molecule has 0 aromatic heterocycles. The van der Waals surface area contributed by atoms with Gasteiger partial charge in [-0.3, -0.25) is 0 Å². The predicted octanol–water partition coefficient (Wildman–Crippen LogP) is 1.55. The molecule has 1 N–H and O–H groups in total. The smallest absolute Gasteiger partial charge is 0.243 e. The van der Waals surface area contributed by atoms with Gasteiger partial charge in [0.2, 0.25) is 10.0 Å². The van der Waals surface area contributed by atoms with E-state index in [9.17, 15) is 8.42 Å². The SMILES string of the molecule is C=C[C@@H](CCO)N(C)S(=O)(=O)c1ccc(C)cc1. The summed E-state index contributed by atoms with van der Waals surface area (Å²) < 4.78 is 25.9.